The van der Waals surface area contributed by atoms with E-state index in [-0.39, 0.29) is 12.1 Å². The summed E-state index contributed by atoms with van der Waals surface area (Å²) in [5.41, 5.74) is 9.53. The molecule has 1 fully saturated rings. The Morgan fingerprint density at radius 1 is 1.00 bits per heavy atom. The maximum Gasteiger partial charge on any atom is 0.231 e. The molecule has 0 bridgehead atoms. The van der Waals surface area contributed by atoms with Gasteiger partial charge in [-0.25, -0.2) is 0 Å². The molecule has 2 aromatic heterocycles. The van der Waals surface area contributed by atoms with Gasteiger partial charge in [0.05, 0.1) is 18.9 Å². The van der Waals surface area contributed by atoms with Gasteiger partial charge in [0.2, 0.25) is 5.95 Å². The number of anilines is 1. The topological polar surface area (TPSA) is 81.1 Å². The molecule has 1 aliphatic heterocycles. The third-order valence-electron chi connectivity index (χ3n) is 6.73. The van der Waals surface area contributed by atoms with Crippen LogP contribution in [0, 0.1) is 0 Å². The van der Waals surface area contributed by atoms with Gasteiger partial charge in [0, 0.05) is 25.7 Å². The molecule has 2 atom stereocenters. The highest BCUT2D eigenvalue weighted by Gasteiger charge is 2.27. The lowest BCUT2D eigenvalue weighted by Gasteiger charge is -2.32. The SMILES string of the molecule is CN(C)CCOC1CCN(c2nnc3ccc(O[C@@H]4CC[C@H](N)c5ccccc54)cn23)CC1. The maximum atomic E-state index is 6.46. The number of piperidine rings is 1. The van der Waals surface area contributed by atoms with E-state index >= 15 is 0 Å². The molecule has 0 radical (unpaired) electrons. The molecule has 33 heavy (non-hydrogen) atoms. The van der Waals surface area contributed by atoms with E-state index in [0.29, 0.717) is 6.10 Å². The highest BCUT2D eigenvalue weighted by Crippen LogP contribution is 2.37. The van der Waals surface area contributed by atoms with Crippen molar-refractivity contribution in [2.45, 2.75) is 43.9 Å². The standard InChI is InChI=1S/C25H34N6O2/c1-29(2)15-16-32-18-11-13-30(14-12-18)25-28-27-24-10-7-19(17-31(24)25)33-23-9-8-22(26)20-5-3-4-6-21(20)23/h3-7,10,17-18,22-23H,8-9,11-16,26H2,1-2H3/t22-,23+/m0/s1. The third kappa shape index (κ3) is 4.83. The van der Waals surface area contributed by atoms with Crippen molar-refractivity contribution in [1.82, 2.24) is 19.5 Å². The summed E-state index contributed by atoms with van der Waals surface area (Å²) in [6.45, 7) is 3.55. The molecule has 2 N–H and O–H groups in total. The van der Waals surface area contributed by atoms with Crippen LogP contribution in [0.25, 0.3) is 5.65 Å². The monoisotopic (exact) mass is 450 g/mol. The summed E-state index contributed by atoms with van der Waals surface area (Å²) < 4.78 is 14.5. The van der Waals surface area contributed by atoms with Gasteiger partial charge in [0.1, 0.15) is 11.9 Å². The van der Waals surface area contributed by atoms with Crippen LogP contribution in [0.5, 0.6) is 5.75 Å². The van der Waals surface area contributed by atoms with Gasteiger partial charge in [-0.3, -0.25) is 4.40 Å². The number of fused-ring (bicyclic) bond motifs is 2. The van der Waals surface area contributed by atoms with Gasteiger partial charge < -0.3 is 25.0 Å². The number of hydrogen-bond donors (Lipinski definition) is 1. The molecule has 3 heterocycles. The van der Waals surface area contributed by atoms with Gasteiger partial charge in [-0.05, 0) is 63.0 Å². The predicted molar refractivity (Wildman–Crippen MR) is 129 cm³/mol. The lowest BCUT2D eigenvalue weighted by molar-refractivity contribution is 0.0292. The van der Waals surface area contributed by atoms with E-state index < -0.39 is 0 Å². The number of rotatable bonds is 7. The van der Waals surface area contributed by atoms with Crippen molar-refractivity contribution in [2.75, 3.05) is 45.2 Å². The largest absolute Gasteiger partial charge is 0.484 e. The summed E-state index contributed by atoms with van der Waals surface area (Å²) in [6, 6.07) is 12.4. The molecule has 8 heteroatoms. The van der Waals surface area contributed by atoms with Gasteiger partial charge in [0.15, 0.2) is 5.65 Å². The van der Waals surface area contributed by atoms with Crippen LogP contribution in [0.1, 0.15) is 49.0 Å². The molecule has 1 aromatic carbocycles. The van der Waals surface area contributed by atoms with Gasteiger partial charge in [-0.15, -0.1) is 10.2 Å². The van der Waals surface area contributed by atoms with Crippen LogP contribution in [0.15, 0.2) is 42.6 Å². The van der Waals surface area contributed by atoms with Gasteiger partial charge in [-0.2, -0.15) is 0 Å². The Balaban J connectivity index is 1.28. The minimum Gasteiger partial charge on any atom is -0.484 e. The number of nitrogens with two attached hydrogens (primary N) is 1. The number of likely N-dealkylation sites (N-methyl/N-ethyl adjacent to an activating group) is 1. The van der Waals surface area contributed by atoms with E-state index in [0.717, 1.165) is 69.3 Å². The number of ether oxygens (including phenoxy) is 2. The van der Waals surface area contributed by atoms with Crippen molar-refractivity contribution in [2.24, 2.45) is 5.73 Å². The quantitative estimate of drug-likeness (QED) is 0.592. The smallest absolute Gasteiger partial charge is 0.231 e. The third-order valence-corrected chi connectivity index (χ3v) is 6.73. The minimum absolute atomic E-state index is 0.00781. The zero-order valence-electron chi connectivity index (χ0n) is 19.6. The number of aromatic nitrogens is 3. The summed E-state index contributed by atoms with van der Waals surface area (Å²) in [6.07, 6.45) is 6.17. The summed E-state index contributed by atoms with van der Waals surface area (Å²) in [7, 11) is 4.14. The minimum atomic E-state index is 0.00781. The molecule has 1 aliphatic carbocycles. The second-order valence-electron chi connectivity index (χ2n) is 9.37. The number of nitrogens with zero attached hydrogens (tertiary/aromatic N) is 5. The van der Waals surface area contributed by atoms with E-state index in [9.17, 15) is 0 Å². The van der Waals surface area contributed by atoms with Crippen molar-refractivity contribution in [3.8, 4) is 5.75 Å². The van der Waals surface area contributed by atoms with E-state index in [1.165, 1.54) is 11.1 Å². The highest BCUT2D eigenvalue weighted by molar-refractivity contribution is 5.49. The summed E-state index contributed by atoms with van der Waals surface area (Å²) >= 11 is 0. The van der Waals surface area contributed by atoms with Gasteiger partial charge >= 0.3 is 0 Å². The Hall–Kier alpha value is -2.68. The van der Waals surface area contributed by atoms with Crippen LogP contribution in [0.2, 0.25) is 0 Å². The van der Waals surface area contributed by atoms with Crippen LogP contribution in [0.3, 0.4) is 0 Å². The molecular formula is C25H34N6O2. The Morgan fingerprint density at radius 3 is 2.58 bits per heavy atom. The Kier molecular flexibility index (Phi) is 6.48. The average Bonchev–Trinajstić information content (AvgIpc) is 3.25. The van der Waals surface area contributed by atoms with Crippen LogP contribution < -0.4 is 15.4 Å². The van der Waals surface area contributed by atoms with Gasteiger partial charge in [-0.1, -0.05) is 24.3 Å². The normalized spacial score (nSPS) is 21.5. The summed E-state index contributed by atoms with van der Waals surface area (Å²) in [5, 5.41) is 8.86. The molecule has 0 unspecified atom stereocenters. The molecule has 5 rings (SSSR count). The molecule has 2 aliphatic rings. The summed E-state index contributed by atoms with van der Waals surface area (Å²) in [5.74, 6) is 1.69. The zero-order chi connectivity index (χ0) is 22.8. The van der Waals surface area contributed by atoms with E-state index in [2.05, 4.69) is 52.3 Å². The van der Waals surface area contributed by atoms with Crippen LogP contribution in [-0.4, -0.2) is 65.9 Å². The van der Waals surface area contributed by atoms with Crippen LogP contribution in [0.4, 0.5) is 5.95 Å². The van der Waals surface area contributed by atoms with Crippen molar-refractivity contribution in [3.63, 3.8) is 0 Å². The van der Waals surface area contributed by atoms with Crippen molar-refractivity contribution in [1.29, 1.82) is 0 Å². The molecular weight excluding hydrogens is 416 g/mol. The van der Waals surface area contributed by atoms with Crippen molar-refractivity contribution >= 4 is 11.6 Å². The fourth-order valence-corrected chi connectivity index (χ4v) is 4.84. The second-order valence-corrected chi connectivity index (χ2v) is 9.37. The molecule has 0 amide bonds. The zero-order valence-corrected chi connectivity index (χ0v) is 19.6. The van der Waals surface area contributed by atoms with E-state index in [1.54, 1.807) is 0 Å². The number of benzene rings is 1. The first kappa shape index (κ1) is 22.1. The molecule has 1 saturated heterocycles. The van der Waals surface area contributed by atoms with E-state index in [1.807, 2.05) is 28.8 Å². The Labute approximate surface area is 195 Å². The average molecular weight is 451 g/mol. The summed E-state index contributed by atoms with van der Waals surface area (Å²) in [4.78, 5) is 4.45. The lowest BCUT2D eigenvalue weighted by Crippen LogP contribution is -2.38. The Bertz CT molecular complexity index is 1080. The van der Waals surface area contributed by atoms with Gasteiger partial charge in [0.25, 0.3) is 0 Å². The maximum absolute atomic E-state index is 6.46. The molecule has 0 saturated carbocycles. The molecule has 3 aromatic rings. The first-order valence-corrected chi connectivity index (χ1v) is 12.0. The van der Waals surface area contributed by atoms with E-state index in [4.69, 9.17) is 15.2 Å². The molecule has 8 nitrogen and oxygen atoms in total. The second kappa shape index (κ2) is 9.67. The fraction of sp³-hybridized carbons (Fsp3) is 0.520. The highest BCUT2D eigenvalue weighted by atomic mass is 16.5. The first-order valence-electron chi connectivity index (χ1n) is 12.0. The fourth-order valence-electron chi connectivity index (χ4n) is 4.84. The van der Waals surface area contributed by atoms with Crippen LogP contribution in [-0.2, 0) is 4.74 Å². The van der Waals surface area contributed by atoms with Crippen molar-refractivity contribution < 1.29 is 9.47 Å². The Morgan fingerprint density at radius 2 is 1.79 bits per heavy atom. The number of pyridine rings is 1. The molecule has 0 spiro atoms. The number of hydrogen-bond acceptors (Lipinski definition) is 7. The van der Waals surface area contributed by atoms with Crippen LogP contribution >= 0.6 is 0 Å². The van der Waals surface area contributed by atoms with Crippen molar-refractivity contribution in [3.05, 3.63) is 53.7 Å². The lowest BCUT2D eigenvalue weighted by atomic mass is 9.86. The first-order chi connectivity index (χ1) is 16.1. The molecule has 176 valence electrons. The predicted octanol–water partition coefficient (Wildman–Crippen LogP) is 3.19.